The molecule has 2 heterocycles. The molecule has 0 bridgehead atoms. The van der Waals surface area contributed by atoms with Crippen LogP contribution >= 0.6 is 11.6 Å². The van der Waals surface area contributed by atoms with Gasteiger partial charge >= 0.3 is 5.69 Å². The summed E-state index contributed by atoms with van der Waals surface area (Å²) in [7, 11) is 0. The van der Waals surface area contributed by atoms with Gasteiger partial charge in [-0.15, -0.1) is 0 Å². The van der Waals surface area contributed by atoms with Gasteiger partial charge in [0.15, 0.2) is 5.82 Å². The molecule has 2 aromatic rings. The normalized spacial score (nSPS) is 10.5. The maximum Gasteiger partial charge on any atom is 0.332 e. The second-order valence-corrected chi connectivity index (χ2v) is 3.96. The molecular formula is C9H9ClN6O3. The van der Waals surface area contributed by atoms with E-state index in [4.69, 9.17) is 16.1 Å². The predicted octanol–water partition coefficient (Wildman–Crippen LogP) is 1.65. The fourth-order valence-electron chi connectivity index (χ4n) is 1.45. The zero-order valence-electron chi connectivity index (χ0n) is 10.0. The summed E-state index contributed by atoms with van der Waals surface area (Å²) in [5, 5.41) is 17.2. The Morgan fingerprint density at radius 3 is 2.68 bits per heavy atom. The number of hydrogen-bond acceptors (Lipinski definition) is 8. The number of aromatic nitrogens is 4. The Balaban J connectivity index is 2.26. The fourth-order valence-corrected chi connectivity index (χ4v) is 1.66. The van der Waals surface area contributed by atoms with Crippen LogP contribution in [0.4, 0.5) is 11.5 Å². The number of anilines is 1. The van der Waals surface area contributed by atoms with Gasteiger partial charge in [0, 0.05) is 0 Å². The number of aryl methyl sites for hydroxylation is 2. The first-order valence-corrected chi connectivity index (χ1v) is 5.56. The predicted molar refractivity (Wildman–Crippen MR) is 64.8 cm³/mol. The molecular weight excluding hydrogens is 276 g/mol. The molecule has 10 heteroatoms. The lowest BCUT2D eigenvalue weighted by Gasteiger charge is -2.05. The summed E-state index contributed by atoms with van der Waals surface area (Å²) < 4.78 is 4.88. The van der Waals surface area contributed by atoms with Gasteiger partial charge in [0.1, 0.15) is 5.69 Å². The summed E-state index contributed by atoms with van der Waals surface area (Å²) >= 11 is 5.68. The number of nitro groups is 1. The van der Waals surface area contributed by atoms with Crippen LogP contribution in [0, 0.1) is 24.0 Å². The lowest BCUT2D eigenvalue weighted by Crippen LogP contribution is -2.08. The van der Waals surface area contributed by atoms with E-state index in [1.54, 1.807) is 6.92 Å². The molecule has 0 aliphatic carbocycles. The van der Waals surface area contributed by atoms with Gasteiger partial charge in [0.25, 0.3) is 0 Å². The van der Waals surface area contributed by atoms with E-state index in [1.165, 1.54) is 6.92 Å². The molecule has 9 nitrogen and oxygen atoms in total. The molecule has 2 aromatic heterocycles. The largest absolute Gasteiger partial charge is 0.355 e. The highest BCUT2D eigenvalue weighted by Gasteiger charge is 2.21. The van der Waals surface area contributed by atoms with Crippen LogP contribution in [-0.2, 0) is 6.54 Å². The average Bonchev–Trinajstić information content (AvgIpc) is 2.71. The van der Waals surface area contributed by atoms with Crippen LogP contribution in [-0.4, -0.2) is 25.0 Å². The van der Waals surface area contributed by atoms with Crippen molar-refractivity contribution in [1.29, 1.82) is 0 Å². The smallest absolute Gasteiger partial charge is 0.332 e. The summed E-state index contributed by atoms with van der Waals surface area (Å²) in [6, 6.07) is 0. The van der Waals surface area contributed by atoms with Crippen molar-refractivity contribution in [3.05, 3.63) is 32.8 Å². The van der Waals surface area contributed by atoms with Crippen LogP contribution in [0.5, 0.6) is 0 Å². The first-order valence-electron chi connectivity index (χ1n) is 5.19. The molecule has 0 aliphatic rings. The maximum absolute atomic E-state index is 11.0. The van der Waals surface area contributed by atoms with Gasteiger partial charge in [-0.25, -0.2) is 4.98 Å². The molecule has 0 unspecified atom stereocenters. The number of rotatable bonds is 4. The standard InChI is InChI=1S/C9H9ClN6O3/c1-4-7(16(17)18)8(14-9(10)12-4)11-3-6-13-5(2)15-19-6/h3H2,1-2H3,(H,11,12,14). The number of nitrogens with zero attached hydrogens (tertiary/aromatic N) is 5. The molecule has 0 fully saturated rings. The van der Waals surface area contributed by atoms with E-state index in [-0.39, 0.29) is 29.0 Å². The molecule has 0 spiro atoms. The van der Waals surface area contributed by atoms with Crippen LogP contribution in [0.1, 0.15) is 17.4 Å². The summed E-state index contributed by atoms with van der Waals surface area (Å²) in [4.78, 5) is 21.9. The molecule has 19 heavy (non-hydrogen) atoms. The third-order valence-corrected chi connectivity index (χ3v) is 2.36. The van der Waals surface area contributed by atoms with Gasteiger partial charge in [0.05, 0.1) is 11.5 Å². The minimum absolute atomic E-state index is 0.0124. The number of nitrogens with one attached hydrogen (secondary N) is 1. The maximum atomic E-state index is 11.0. The van der Waals surface area contributed by atoms with Gasteiger partial charge in [-0.1, -0.05) is 5.16 Å². The Labute approximate surface area is 112 Å². The molecule has 1 N–H and O–H groups in total. The molecule has 0 saturated heterocycles. The second kappa shape index (κ2) is 5.14. The lowest BCUT2D eigenvalue weighted by molar-refractivity contribution is -0.385. The summed E-state index contributed by atoms with van der Waals surface area (Å²) in [6.45, 7) is 3.25. The van der Waals surface area contributed by atoms with E-state index in [0.717, 1.165) is 0 Å². The van der Waals surface area contributed by atoms with E-state index in [2.05, 4.69) is 25.4 Å². The molecule has 100 valence electrons. The van der Waals surface area contributed by atoms with Crippen LogP contribution in [0.25, 0.3) is 0 Å². The number of hydrogen-bond donors (Lipinski definition) is 1. The Morgan fingerprint density at radius 2 is 2.11 bits per heavy atom. The summed E-state index contributed by atoms with van der Waals surface area (Å²) in [5.41, 5.74) is -0.0603. The minimum Gasteiger partial charge on any atom is -0.355 e. The molecule has 2 rings (SSSR count). The van der Waals surface area contributed by atoms with E-state index in [0.29, 0.717) is 11.7 Å². The first kappa shape index (κ1) is 13.1. The van der Waals surface area contributed by atoms with Crippen molar-refractivity contribution in [3.8, 4) is 0 Å². The highest BCUT2D eigenvalue weighted by Crippen LogP contribution is 2.26. The summed E-state index contributed by atoms with van der Waals surface area (Å²) in [6.07, 6.45) is 0. The first-order chi connectivity index (χ1) is 8.97. The van der Waals surface area contributed by atoms with Crippen molar-refractivity contribution in [3.63, 3.8) is 0 Å². The Kier molecular flexibility index (Phi) is 3.56. The second-order valence-electron chi connectivity index (χ2n) is 3.62. The number of halogens is 1. The van der Waals surface area contributed by atoms with Crippen LogP contribution < -0.4 is 5.32 Å². The van der Waals surface area contributed by atoms with Crippen LogP contribution in [0.3, 0.4) is 0 Å². The average molecular weight is 285 g/mol. The van der Waals surface area contributed by atoms with Crippen LogP contribution in [0.15, 0.2) is 4.52 Å². The third-order valence-electron chi connectivity index (χ3n) is 2.19. The molecule has 0 saturated carbocycles. The van der Waals surface area contributed by atoms with Crippen LogP contribution in [0.2, 0.25) is 5.28 Å². The Morgan fingerprint density at radius 1 is 1.37 bits per heavy atom. The minimum atomic E-state index is -0.576. The van der Waals surface area contributed by atoms with Crippen molar-refractivity contribution in [2.45, 2.75) is 20.4 Å². The van der Waals surface area contributed by atoms with Crippen molar-refractivity contribution in [1.82, 2.24) is 20.1 Å². The quantitative estimate of drug-likeness (QED) is 0.511. The van der Waals surface area contributed by atoms with Gasteiger partial charge < -0.3 is 9.84 Å². The Hall–Kier alpha value is -2.29. The molecule has 0 radical (unpaired) electrons. The molecule has 0 atom stereocenters. The highest BCUT2D eigenvalue weighted by atomic mass is 35.5. The molecule has 0 aromatic carbocycles. The van der Waals surface area contributed by atoms with Crippen molar-refractivity contribution in [2.75, 3.05) is 5.32 Å². The van der Waals surface area contributed by atoms with Crippen molar-refractivity contribution < 1.29 is 9.45 Å². The van der Waals surface area contributed by atoms with Gasteiger partial charge in [-0.3, -0.25) is 10.1 Å². The van der Waals surface area contributed by atoms with Gasteiger partial charge in [-0.05, 0) is 25.4 Å². The third kappa shape index (κ3) is 2.94. The zero-order chi connectivity index (χ0) is 14.0. The van der Waals surface area contributed by atoms with Crippen molar-refractivity contribution in [2.24, 2.45) is 0 Å². The zero-order valence-corrected chi connectivity index (χ0v) is 10.8. The Bertz CT molecular complexity index is 628. The van der Waals surface area contributed by atoms with E-state index >= 15 is 0 Å². The lowest BCUT2D eigenvalue weighted by atomic mass is 10.3. The van der Waals surface area contributed by atoms with E-state index in [9.17, 15) is 10.1 Å². The van der Waals surface area contributed by atoms with E-state index < -0.39 is 4.92 Å². The molecule has 0 amide bonds. The van der Waals surface area contributed by atoms with E-state index in [1.807, 2.05) is 0 Å². The molecule has 0 aliphatic heterocycles. The monoisotopic (exact) mass is 284 g/mol. The van der Waals surface area contributed by atoms with Gasteiger partial charge in [-0.2, -0.15) is 9.97 Å². The SMILES string of the molecule is Cc1noc(CNc2nc(Cl)nc(C)c2[N+](=O)[O-])n1. The highest BCUT2D eigenvalue weighted by molar-refractivity contribution is 6.28. The topological polar surface area (TPSA) is 120 Å². The van der Waals surface area contributed by atoms with Crippen molar-refractivity contribution >= 4 is 23.1 Å². The fraction of sp³-hybridized carbons (Fsp3) is 0.333. The summed E-state index contributed by atoms with van der Waals surface area (Å²) in [5.74, 6) is 0.778. The van der Waals surface area contributed by atoms with Gasteiger partial charge in [0.2, 0.25) is 17.0 Å².